The largest absolute Gasteiger partial charge is 0.444 e. The Morgan fingerprint density at radius 1 is 1.50 bits per heavy atom. The van der Waals surface area contributed by atoms with E-state index in [4.69, 9.17) is 4.74 Å². The van der Waals surface area contributed by atoms with Gasteiger partial charge in [-0.15, -0.1) is 0 Å². The molecule has 0 aromatic carbocycles. The zero-order valence-corrected chi connectivity index (χ0v) is 12.5. The minimum atomic E-state index is -0.403. The van der Waals surface area contributed by atoms with Gasteiger partial charge in [0.1, 0.15) is 5.60 Å². The second-order valence-electron chi connectivity index (χ2n) is 6.33. The fraction of sp³-hybridized carbons (Fsp3) is 0.929. The summed E-state index contributed by atoms with van der Waals surface area (Å²) in [6, 6.07) is 0.423. The van der Waals surface area contributed by atoms with Crippen LogP contribution in [-0.4, -0.2) is 42.3 Å². The van der Waals surface area contributed by atoms with Gasteiger partial charge < -0.3 is 15.0 Å². The topological polar surface area (TPSA) is 41.6 Å². The fourth-order valence-electron chi connectivity index (χ4n) is 1.93. The molecule has 1 saturated heterocycles. The highest BCUT2D eigenvalue weighted by Crippen LogP contribution is 2.15. The molecular weight excluding hydrogens is 228 g/mol. The minimum Gasteiger partial charge on any atom is -0.444 e. The summed E-state index contributed by atoms with van der Waals surface area (Å²) < 4.78 is 5.38. The van der Waals surface area contributed by atoms with Crippen LogP contribution < -0.4 is 5.32 Å². The van der Waals surface area contributed by atoms with E-state index in [1.165, 1.54) is 6.42 Å². The molecule has 0 radical (unpaired) electrons. The standard InChI is InChI=1S/C14H28N2O2/c1-6-11(2)9-15-12-7-8-16(10-12)13(17)18-14(3,4)5/h11-12,15H,6-10H2,1-5H3. The van der Waals surface area contributed by atoms with Gasteiger partial charge in [-0.1, -0.05) is 20.3 Å². The van der Waals surface area contributed by atoms with E-state index in [0.29, 0.717) is 12.0 Å². The van der Waals surface area contributed by atoms with Crippen molar-refractivity contribution in [3.05, 3.63) is 0 Å². The molecule has 106 valence electrons. The first kappa shape index (κ1) is 15.3. The number of amides is 1. The van der Waals surface area contributed by atoms with Crippen LogP contribution >= 0.6 is 0 Å². The summed E-state index contributed by atoms with van der Waals surface area (Å²) in [5.41, 5.74) is -0.403. The molecule has 0 aromatic rings. The van der Waals surface area contributed by atoms with Gasteiger partial charge in [0.25, 0.3) is 0 Å². The van der Waals surface area contributed by atoms with E-state index < -0.39 is 5.60 Å². The van der Waals surface area contributed by atoms with Gasteiger partial charge in [0.2, 0.25) is 0 Å². The zero-order valence-electron chi connectivity index (χ0n) is 12.5. The van der Waals surface area contributed by atoms with Crippen molar-refractivity contribution in [3.8, 4) is 0 Å². The molecule has 18 heavy (non-hydrogen) atoms. The van der Waals surface area contributed by atoms with Gasteiger partial charge in [0, 0.05) is 19.1 Å². The van der Waals surface area contributed by atoms with Crippen LogP contribution in [0.15, 0.2) is 0 Å². The van der Waals surface area contributed by atoms with Crippen molar-refractivity contribution in [2.45, 2.75) is 59.1 Å². The van der Waals surface area contributed by atoms with Crippen molar-refractivity contribution in [2.24, 2.45) is 5.92 Å². The molecule has 1 aliphatic heterocycles. The molecule has 0 aliphatic carbocycles. The van der Waals surface area contributed by atoms with Crippen molar-refractivity contribution in [3.63, 3.8) is 0 Å². The van der Waals surface area contributed by atoms with E-state index in [-0.39, 0.29) is 6.09 Å². The number of hydrogen-bond donors (Lipinski definition) is 1. The van der Waals surface area contributed by atoms with E-state index >= 15 is 0 Å². The predicted octanol–water partition coefficient (Wildman–Crippen LogP) is 2.63. The van der Waals surface area contributed by atoms with Gasteiger partial charge in [-0.25, -0.2) is 4.79 Å². The second kappa shape index (κ2) is 6.41. The molecule has 0 spiro atoms. The highest BCUT2D eigenvalue weighted by molar-refractivity contribution is 5.68. The summed E-state index contributed by atoms with van der Waals surface area (Å²) >= 11 is 0. The molecular formula is C14H28N2O2. The Balaban J connectivity index is 2.30. The third kappa shape index (κ3) is 5.25. The summed E-state index contributed by atoms with van der Waals surface area (Å²) in [5.74, 6) is 0.695. The number of hydrogen-bond acceptors (Lipinski definition) is 3. The average molecular weight is 256 g/mol. The van der Waals surface area contributed by atoms with Crippen LogP contribution in [-0.2, 0) is 4.74 Å². The van der Waals surface area contributed by atoms with Crippen molar-refractivity contribution < 1.29 is 9.53 Å². The second-order valence-corrected chi connectivity index (χ2v) is 6.33. The van der Waals surface area contributed by atoms with Crippen LogP contribution in [0.1, 0.15) is 47.5 Å². The monoisotopic (exact) mass is 256 g/mol. The zero-order chi connectivity index (χ0) is 13.8. The summed E-state index contributed by atoms with van der Waals surface area (Å²) in [7, 11) is 0. The molecule has 1 heterocycles. The van der Waals surface area contributed by atoms with Gasteiger partial charge in [-0.05, 0) is 39.7 Å². The SMILES string of the molecule is CCC(C)CNC1CCN(C(=O)OC(C)(C)C)C1. The third-order valence-corrected chi connectivity index (χ3v) is 3.29. The number of nitrogens with zero attached hydrogens (tertiary/aromatic N) is 1. The summed E-state index contributed by atoms with van der Waals surface area (Å²) in [6.07, 6.45) is 2.03. The minimum absolute atomic E-state index is 0.185. The van der Waals surface area contributed by atoms with Crippen molar-refractivity contribution in [2.75, 3.05) is 19.6 Å². The third-order valence-electron chi connectivity index (χ3n) is 3.29. The van der Waals surface area contributed by atoms with Crippen molar-refractivity contribution in [1.29, 1.82) is 0 Å². The molecule has 1 amide bonds. The van der Waals surface area contributed by atoms with Crippen molar-refractivity contribution >= 4 is 6.09 Å². The van der Waals surface area contributed by atoms with Crippen LogP contribution in [0.25, 0.3) is 0 Å². The Labute approximate surface area is 111 Å². The van der Waals surface area contributed by atoms with Crippen LogP contribution in [0.3, 0.4) is 0 Å². The lowest BCUT2D eigenvalue weighted by Gasteiger charge is -2.24. The summed E-state index contributed by atoms with van der Waals surface area (Å²) in [4.78, 5) is 13.7. The first-order chi connectivity index (χ1) is 8.31. The number of nitrogens with one attached hydrogen (secondary N) is 1. The normalized spacial score (nSPS) is 22.1. The van der Waals surface area contributed by atoms with E-state index in [0.717, 1.165) is 26.1 Å². The predicted molar refractivity (Wildman–Crippen MR) is 73.7 cm³/mol. The molecule has 0 bridgehead atoms. The average Bonchev–Trinajstić information content (AvgIpc) is 2.72. The van der Waals surface area contributed by atoms with Gasteiger partial charge in [0.05, 0.1) is 0 Å². The van der Waals surface area contributed by atoms with Crippen LogP contribution in [0.2, 0.25) is 0 Å². The number of ether oxygens (including phenoxy) is 1. The Bertz CT molecular complexity index is 273. The van der Waals surface area contributed by atoms with E-state index in [9.17, 15) is 4.79 Å². The van der Waals surface area contributed by atoms with Crippen LogP contribution in [0.5, 0.6) is 0 Å². The highest BCUT2D eigenvalue weighted by Gasteiger charge is 2.29. The smallest absolute Gasteiger partial charge is 0.410 e. The quantitative estimate of drug-likeness (QED) is 0.840. The maximum atomic E-state index is 11.9. The lowest BCUT2D eigenvalue weighted by molar-refractivity contribution is 0.0291. The summed E-state index contributed by atoms with van der Waals surface area (Å²) in [6.45, 7) is 12.8. The number of likely N-dealkylation sites (tertiary alicyclic amines) is 1. The Hall–Kier alpha value is -0.770. The summed E-state index contributed by atoms with van der Waals surface area (Å²) in [5, 5.41) is 3.53. The lowest BCUT2D eigenvalue weighted by Crippen LogP contribution is -2.39. The Morgan fingerprint density at radius 2 is 2.17 bits per heavy atom. The maximum absolute atomic E-state index is 11.9. The number of rotatable bonds is 4. The first-order valence-corrected chi connectivity index (χ1v) is 7.03. The number of carbonyl (C=O) groups is 1. The molecule has 4 nitrogen and oxygen atoms in total. The van der Waals surface area contributed by atoms with Crippen molar-refractivity contribution in [1.82, 2.24) is 10.2 Å². The fourth-order valence-corrected chi connectivity index (χ4v) is 1.93. The number of carbonyl (C=O) groups excluding carboxylic acids is 1. The first-order valence-electron chi connectivity index (χ1n) is 7.03. The van der Waals surface area contributed by atoms with Gasteiger partial charge in [-0.2, -0.15) is 0 Å². The molecule has 1 fully saturated rings. The molecule has 2 unspecified atom stereocenters. The molecule has 0 saturated carbocycles. The van der Waals surface area contributed by atoms with Crippen LogP contribution in [0.4, 0.5) is 4.79 Å². The van der Waals surface area contributed by atoms with Gasteiger partial charge >= 0.3 is 6.09 Å². The molecule has 1 aliphatic rings. The van der Waals surface area contributed by atoms with E-state index in [1.807, 2.05) is 20.8 Å². The molecule has 1 N–H and O–H groups in total. The van der Waals surface area contributed by atoms with Gasteiger partial charge in [-0.3, -0.25) is 0 Å². The molecule has 2 atom stereocenters. The van der Waals surface area contributed by atoms with Gasteiger partial charge in [0.15, 0.2) is 0 Å². The van der Waals surface area contributed by atoms with Crippen LogP contribution in [0, 0.1) is 5.92 Å². The molecule has 4 heteroatoms. The Morgan fingerprint density at radius 3 is 2.72 bits per heavy atom. The highest BCUT2D eigenvalue weighted by atomic mass is 16.6. The lowest BCUT2D eigenvalue weighted by atomic mass is 10.1. The maximum Gasteiger partial charge on any atom is 0.410 e. The van der Waals surface area contributed by atoms with E-state index in [1.54, 1.807) is 4.90 Å². The molecule has 0 aromatic heterocycles. The van der Waals surface area contributed by atoms with E-state index in [2.05, 4.69) is 19.2 Å². The Kier molecular flexibility index (Phi) is 5.45. The molecule has 1 rings (SSSR count).